The zero-order chi connectivity index (χ0) is 22.8. The van der Waals surface area contributed by atoms with Crippen LogP contribution in [-0.4, -0.2) is 47.7 Å². The molecule has 0 saturated heterocycles. The van der Waals surface area contributed by atoms with Crippen LogP contribution in [0.25, 0.3) is 0 Å². The van der Waals surface area contributed by atoms with Gasteiger partial charge in [0, 0.05) is 19.3 Å². The number of nitrogens with zero attached hydrogens (tertiary/aromatic N) is 2. The Morgan fingerprint density at radius 1 is 1.26 bits per heavy atom. The van der Waals surface area contributed by atoms with E-state index >= 15 is 0 Å². The third kappa shape index (κ3) is 4.87. The summed E-state index contributed by atoms with van der Waals surface area (Å²) in [7, 11) is -3.25. The molecule has 2 amide bonds. The quantitative estimate of drug-likeness (QED) is 0.706. The maximum atomic E-state index is 12.6. The first-order valence-electron chi connectivity index (χ1n) is 10.2. The number of carboxylic acid groups (broad SMARTS) is 1. The highest BCUT2D eigenvalue weighted by molar-refractivity contribution is 7.91. The van der Waals surface area contributed by atoms with Crippen LogP contribution >= 0.6 is 0 Å². The third-order valence-electron chi connectivity index (χ3n) is 5.49. The van der Waals surface area contributed by atoms with Gasteiger partial charge in [0.15, 0.2) is 9.84 Å². The lowest BCUT2D eigenvalue weighted by Gasteiger charge is -2.37. The maximum Gasteiger partial charge on any atom is 0.407 e. The van der Waals surface area contributed by atoms with Gasteiger partial charge in [-0.15, -0.1) is 0 Å². The van der Waals surface area contributed by atoms with Crippen LogP contribution in [0.4, 0.5) is 4.79 Å². The van der Waals surface area contributed by atoms with Crippen molar-refractivity contribution in [2.75, 3.05) is 12.3 Å². The molecule has 0 unspecified atom stereocenters. The number of benzene rings is 1. The predicted molar refractivity (Wildman–Crippen MR) is 116 cm³/mol. The molecule has 9 heteroatoms. The third-order valence-corrected chi connectivity index (χ3v) is 7.24. The van der Waals surface area contributed by atoms with Crippen molar-refractivity contribution in [3.05, 3.63) is 58.9 Å². The van der Waals surface area contributed by atoms with Gasteiger partial charge in [0.2, 0.25) is 0 Å². The van der Waals surface area contributed by atoms with Crippen LogP contribution in [0.2, 0.25) is 0 Å². The van der Waals surface area contributed by atoms with Gasteiger partial charge in [-0.05, 0) is 41.7 Å². The summed E-state index contributed by atoms with van der Waals surface area (Å²) in [5.41, 5.74) is 2.78. The van der Waals surface area contributed by atoms with Gasteiger partial charge < -0.3 is 10.4 Å². The van der Waals surface area contributed by atoms with Crippen molar-refractivity contribution in [3.8, 4) is 0 Å². The zero-order valence-electron chi connectivity index (χ0n) is 17.8. The number of carbonyl (C=O) groups is 2. The van der Waals surface area contributed by atoms with Gasteiger partial charge in [-0.25, -0.2) is 13.2 Å². The summed E-state index contributed by atoms with van der Waals surface area (Å²) in [6, 6.07) is 7.89. The fraction of sp³-hybridized carbons (Fsp3) is 0.409. The first kappa shape index (κ1) is 22.7. The normalized spacial score (nSPS) is 16.1. The minimum absolute atomic E-state index is 0.0380. The first-order valence-corrected chi connectivity index (χ1v) is 11.9. The largest absolute Gasteiger partial charge is 0.465 e. The highest BCUT2D eigenvalue weighted by Gasteiger charge is 2.34. The molecule has 1 aliphatic heterocycles. The molecule has 2 heterocycles. The van der Waals surface area contributed by atoms with Gasteiger partial charge in [0.1, 0.15) is 0 Å². The molecule has 3 rings (SSSR count). The molecule has 2 aromatic rings. The molecule has 0 spiro atoms. The smallest absolute Gasteiger partial charge is 0.407 e. The van der Waals surface area contributed by atoms with E-state index in [0.717, 1.165) is 11.1 Å². The van der Waals surface area contributed by atoms with E-state index in [-0.39, 0.29) is 35.1 Å². The fourth-order valence-electron chi connectivity index (χ4n) is 3.80. The van der Waals surface area contributed by atoms with Crippen LogP contribution in [0.5, 0.6) is 0 Å². The monoisotopic (exact) mass is 445 g/mol. The Morgan fingerprint density at radius 2 is 1.94 bits per heavy atom. The van der Waals surface area contributed by atoms with E-state index in [0.29, 0.717) is 24.2 Å². The Labute approximate surface area is 182 Å². The number of nitrogens with one attached hydrogen (secondary N) is 1. The Kier molecular flexibility index (Phi) is 6.64. The summed E-state index contributed by atoms with van der Waals surface area (Å²) in [6.07, 6.45) is 1.02. The van der Waals surface area contributed by atoms with E-state index in [9.17, 15) is 23.1 Å². The minimum atomic E-state index is -3.25. The van der Waals surface area contributed by atoms with Crippen LogP contribution in [0.3, 0.4) is 0 Å². The van der Waals surface area contributed by atoms with Gasteiger partial charge in [0.05, 0.1) is 27.9 Å². The molecule has 0 aliphatic carbocycles. The Morgan fingerprint density at radius 3 is 2.52 bits per heavy atom. The van der Waals surface area contributed by atoms with Crippen molar-refractivity contribution >= 4 is 21.8 Å². The molecule has 2 N–H and O–H groups in total. The summed E-state index contributed by atoms with van der Waals surface area (Å²) >= 11 is 0. The van der Waals surface area contributed by atoms with E-state index in [2.05, 4.69) is 10.3 Å². The molecule has 0 bridgehead atoms. The standard InChI is InChI=1S/C22H27N3O5S/c1-4-31(29,30)18-7-5-15(6-8-18)12-24-21(26)17-11-16-9-10-25(22(27)28)20(14(2)3)19(16)23-13-17/h5-8,11,13-14,20H,4,9-10,12H2,1-3H3,(H,24,26)(H,27,28)/t20-/m0/s1. The van der Waals surface area contributed by atoms with Crippen molar-refractivity contribution in [1.29, 1.82) is 0 Å². The molecule has 1 aromatic heterocycles. The van der Waals surface area contributed by atoms with Crippen LogP contribution in [0.15, 0.2) is 41.4 Å². The van der Waals surface area contributed by atoms with Gasteiger partial charge in [-0.2, -0.15) is 0 Å². The van der Waals surface area contributed by atoms with E-state index in [4.69, 9.17) is 0 Å². The summed E-state index contributed by atoms with van der Waals surface area (Å²) in [5.74, 6) is -0.194. The Hall–Kier alpha value is -2.94. The summed E-state index contributed by atoms with van der Waals surface area (Å²) in [4.78, 5) is 30.3. The highest BCUT2D eigenvalue weighted by atomic mass is 32.2. The fourth-order valence-corrected chi connectivity index (χ4v) is 4.68. The molecule has 0 saturated carbocycles. The number of fused-ring (bicyclic) bond motifs is 1. The SMILES string of the molecule is CCS(=O)(=O)c1ccc(CNC(=O)c2cnc3c(c2)CCN(C(=O)O)[C@H]3C(C)C)cc1. The molecule has 8 nitrogen and oxygen atoms in total. The van der Waals surface area contributed by atoms with Gasteiger partial charge in [-0.1, -0.05) is 32.9 Å². The maximum absolute atomic E-state index is 12.6. The van der Waals surface area contributed by atoms with Crippen LogP contribution < -0.4 is 5.32 Å². The molecule has 0 fully saturated rings. The van der Waals surface area contributed by atoms with Gasteiger partial charge in [-0.3, -0.25) is 14.7 Å². The van der Waals surface area contributed by atoms with Crippen molar-refractivity contribution in [2.24, 2.45) is 5.92 Å². The van der Waals surface area contributed by atoms with Gasteiger partial charge in [0.25, 0.3) is 5.91 Å². The lowest BCUT2D eigenvalue weighted by molar-refractivity contribution is 0.0944. The topological polar surface area (TPSA) is 117 Å². The van der Waals surface area contributed by atoms with Crippen LogP contribution in [0, 0.1) is 5.92 Å². The average molecular weight is 446 g/mol. The second-order valence-electron chi connectivity index (χ2n) is 7.91. The molecule has 1 aromatic carbocycles. The second-order valence-corrected chi connectivity index (χ2v) is 10.2. The number of rotatable bonds is 6. The second kappa shape index (κ2) is 9.05. The van der Waals surface area contributed by atoms with E-state index in [1.807, 2.05) is 13.8 Å². The lowest BCUT2D eigenvalue weighted by atomic mass is 9.90. The van der Waals surface area contributed by atoms with E-state index < -0.39 is 15.9 Å². The van der Waals surface area contributed by atoms with Crippen LogP contribution in [-0.2, 0) is 22.8 Å². The zero-order valence-corrected chi connectivity index (χ0v) is 18.6. The number of hydrogen-bond donors (Lipinski definition) is 2. The molecule has 166 valence electrons. The molecule has 1 aliphatic rings. The van der Waals surface area contributed by atoms with Crippen molar-refractivity contribution < 1.29 is 23.1 Å². The number of aromatic nitrogens is 1. The molecule has 31 heavy (non-hydrogen) atoms. The molecule has 0 radical (unpaired) electrons. The van der Waals surface area contributed by atoms with E-state index in [1.165, 1.54) is 11.1 Å². The average Bonchev–Trinajstić information content (AvgIpc) is 2.76. The number of pyridine rings is 1. The Balaban J connectivity index is 1.72. The molecular weight excluding hydrogens is 418 g/mol. The van der Waals surface area contributed by atoms with Crippen molar-refractivity contribution in [1.82, 2.24) is 15.2 Å². The first-order chi connectivity index (χ1) is 14.6. The summed E-state index contributed by atoms with van der Waals surface area (Å²) < 4.78 is 23.8. The summed E-state index contributed by atoms with van der Waals surface area (Å²) in [5, 5.41) is 12.3. The molecule has 1 atom stereocenters. The molecular formula is C22H27N3O5S. The summed E-state index contributed by atoms with van der Waals surface area (Å²) in [6.45, 7) is 6.12. The minimum Gasteiger partial charge on any atom is -0.465 e. The number of carbonyl (C=O) groups excluding carboxylic acids is 1. The highest BCUT2D eigenvalue weighted by Crippen LogP contribution is 2.34. The van der Waals surface area contributed by atoms with Gasteiger partial charge >= 0.3 is 6.09 Å². The van der Waals surface area contributed by atoms with E-state index in [1.54, 1.807) is 37.3 Å². The van der Waals surface area contributed by atoms with Crippen LogP contribution in [0.1, 0.15) is 54.0 Å². The number of amides is 2. The lowest BCUT2D eigenvalue weighted by Crippen LogP contribution is -2.42. The predicted octanol–water partition coefficient (Wildman–Crippen LogP) is 3.04. The van der Waals surface area contributed by atoms with Crippen molar-refractivity contribution in [3.63, 3.8) is 0 Å². The van der Waals surface area contributed by atoms with Crippen molar-refractivity contribution in [2.45, 2.75) is 44.7 Å². The Bertz CT molecular complexity index is 1080. The number of sulfone groups is 1. The number of hydrogen-bond acceptors (Lipinski definition) is 5.